The molecule has 0 saturated carbocycles. The molecule has 2 aliphatic heterocycles. The van der Waals surface area contributed by atoms with Crippen molar-refractivity contribution in [1.29, 1.82) is 0 Å². The summed E-state index contributed by atoms with van der Waals surface area (Å²) in [6.45, 7) is 6.01. The maximum absolute atomic E-state index is 11.5. The summed E-state index contributed by atoms with van der Waals surface area (Å²) in [5.41, 5.74) is 7.11. The number of nitrogens with zero attached hydrogens (tertiary/aromatic N) is 2. The lowest BCUT2D eigenvalue weighted by Gasteiger charge is -2.26. The normalized spacial score (nSPS) is 15.3. The zero-order valence-corrected chi connectivity index (χ0v) is 19.6. The average Bonchev–Trinajstić information content (AvgIpc) is 3.38. The maximum Gasteiger partial charge on any atom is 0.335 e. The van der Waals surface area contributed by atoms with Crippen LogP contribution in [0.25, 0.3) is 16.5 Å². The Balaban J connectivity index is 0.00000153. The SMILES string of the molecule is Cl.Cl.O=C(O)c1ccc2c(c1)=C(c1[nH]c3ccccc3c1NOCCN1CCNCC1)CN=2. The summed E-state index contributed by atoms with van der Waals surface area (Å²) >= 11 is 0. The van der Waals surface area contributed by atoms with Crippen molar-refractivity contribution in [2.45, 2.75) is 0 Å². The van der Waals surface area contributed by atoms with Crippen LogP contribution in [0.5, 0.6) is 0 Å². The molecule has 1 fully saturated rings. The van der Waals surface area contributed by atoms with E-state index in [9.17, 15) is 9.90 Å². The number of aromatic nitrogens is 1. The summed E-state index contributed by atoms with van der Waals surface area (Å²) in [5, 5.41) is 15.4. The number of fused-ring (bicyclic) bond motifs is 2. The number of carboxylic acid groups (broad SMARTS) is 1. The molecule has 3 heterocycles. The van der Waals surface area contributed by atoms with E-state index in [0.29, 0.717) is 13.2 Å². The Morgan fingerprint density at radius 1 is 1.15 bits per heavy atom. The fraction of sp³-hybridized carbons (Fsp3) is 0.304. The van der Waals surface area contributed by atoms with Crippen LogP contribution in [0.4, 0.5) is 5.69 Å². The minimum absolute atomic E-state index is 0. The topological polar surface area (TPSA) is 102 Å². The number of para-hydroxylation sites is 1. The molecule has 2 aliphatic rings. The highest BCUT2D eigenvalue weighted by Gasteiger charge is 2.19. The Bertz CT molecular complexity index is 1250. The predicted molar refractivity (Wildman–Crippen MR) is 133 cm³/mol. The lowest BCUT2D eigenvalue weighted by atomic mass is 10.1. The molecule has 0 aliphatic carbocycles. The monoisotopic (exact) mass is 491 g/mol. The number of aromatic amines is 1. The molecule has 0 amide bonds. The molecule has 10 heteroatoms. The Morgan fingerprint density at radius 2 is 1.94 bits per heavy atom. The van der Waals surface area contributed by atoms with Crippen molar-refractivity contribution >= 4 is 52.9 Å². The average molecular weight is 492 g/mol. The lowest BCUT2D eigenvalue weighted by Crippen LogP contribution is -2.44. The fourth-order valence-electron chi connectivity index (χ4n) is 4.22. The van der Waals surface area contributed by atoms with Crippen LogP contribution < -0.4 is 21.4 Å². The second-order valence-corrected chi connectivity index (χ2v) is 7.79. The summed E-state index contributed by atoms with van der Waals surface area (Å²) in [5.74, 6) is -0.944. The van der Waals surface area contributed by atoms with E-state index in [1.807, 2.05) is 24.3 Å². The van der Waals surface area contributed by atoms with E-state index < -0.39 is 5.97 Å². The molecule has 3 aromatic rings. The van der Waals surface area contributed by atoms with Crippen molar-refractivity contribution < 1.29 is 14.7 Å². The minimum atomic E-state index is -0.944. The van der Waals surface area contributed by atoms with Gasteiger partial charge in [-0.25, -0.2) is 4.79 Å². The minimum Gasteiger partial charge on any atom is -0.478 e. The zero-order chi connectivity index (χ0) is 21.2. The van der Waals surface area contributed by atoms with E-state index in [0.717, 1.165) is 71.2 Å². The van der Waals surface area contributed by atoms with Crippen LogP contribution in [0.15, 0.2) is 47.5 Å². The Hall–Kier alpha value is -2.62. The third kappa shape index (κ3) is 5.15. The van der Waals surface area contributed by atoms with E-state index in [1.54, 1.807) is 18.2 Å². The summed E-state index contributed by atoms with van der Waals surface area (Å²) in [7, 11) is 0. The van der Waals surface area contributed by atoms with Crippen molar-refractivity contribution in [1.82, 2.24) is 15.2 Å². The van der Waals surface area contributed by atoms with Gasteiger partial charge in [-0.05, 0) is 24.3 Å². The largest absolute Gasteiger partial charge is 0.478 e. The van der Waals surface area contributed by atoms with Gasteiger partial charge >= 0.3 is 5.97 Å². The van der Waals surface area contributed by atoms with Crippen LogP contribution in [-0.4, -0.2) is 66.8 Å². The number of H-pyrrole nitrogens is 1. The number of carbonyl (C=O) groups is 1. The van der Waals surface area contributed by atoms with Gasteiger partial charge in [0.05, 0.1) is 35.5 Å². The Morgan fingerprint density at radius 3 is 2.73 bits per heavy atom. The van der Waals surface area contributed by atoms with E-state index in [4.69, 9.17) is 4.84 Å². The lowest BCUT2D eigenvalue weighted by molar-refractivity contribution is 0.0696. The second kappa shape index (κ2) is 11.0. The molecule has 176 valence electrons. The van der Waals surface area contributed by atoms with Crippen molar-refractivity contribution in [3.63, 3.8) is 0 Å². The van der Waals surface area contributed by atoms with Crippen molar-refractivity contribution in [2.75, 3.05) is 51.4 Å². The summed E-state index contributed by atoms with van der Waals surface area (Å²) in [4.78, 5) is 27.8. The van der Waals surface area contributed by atoms with Gasteiger partial charge in [0.15, 0.2) is 0 Å². The molecule has 0 atom stereocenters. The van der Waals surface area contributed by atoms with Crippen molar-refractivity contribution in [2.24, 2.45) is 4.99 Å². The highest BCUT2D eigenvalue weighted by Crippen LogP contribution is 2.32. The van der Waals surface area contributed by atoms with Gasteiger partial charge in [0.1, 0.15) is 0 Å². The Kier molecular flexibility index (Phi) is 8.34. The molecule has 0 radical (unpaired) electrons. The molecule has 0 bridgehead atoms. The molecule has 5 rings (SSSR count). The number of carboxylic acids is 1. The van der Waals surface area contributed by atoms with Crippen molar-refractivity contribution in [3.05, 3.63) is 64.3 Å². The summed E-state index contributed by atoms with van der Waals surface area (Å²) < 4.78 is 0. The number of hydrogen-bond donors (Lipinski definition) is 4. The van der Waals surface area contributed by atoms with Crippen LogP contribution in [-0.2, 0) is 4.84 Å². The number of nitrogens with one attached hydrogen (secondary N) is 3. The van der Waals surface area contributed by atoms with Gasteiger partial charge in [-0.1, -0.05) is 18.2 Å². The highest BCUT2D eigenvalue weighted by molar-refractivity contribution is 5.99. The van der Waals surface area contributed by atoms with Crippen molar-refractivity contribution in [3.8, 4) is 0 Å². The number of piperazine rings is 1. The number of halogens is 2. The summed E-state index contributed by atoms with van der Waals surface area (Å²) in [6.07, 6.45) is 0. The number of aromatic carboxylic acids is 1. The quantitative estimate of drug-likeness (QED) is 0.297. The van der Waals surface area contributed by atoms with E-state index >= 15 is 0 Å². The molecular formula is C23H27Cl2N5O3. The number of hydrogen-bond acceptors (Lipinski definition) is 6. The molecular weight excluding hydrogens is 465 g/mol. The van der Waals surface area contributed by atoms with E-state index in [1.165, 1.54) is 0 Å². The molecule has 1 aromatic heterocycles. The second-order valence-electron chi connectivity index (χ2n) is 7.79. The first-order valence-electron chi connectivity index (χ1n) is 10.5. The third-order valence-corrected chi connectivity index (χ3v) is 5.88. The molecule has 0 unspecified atom stereocenters. The number of benzene rings is 2. The zero-order valence-electron chi connectivity index (χ0n) is 18.0. The molecule has 4 N–H and O–H groups in total. The van der Waals surface area contributed by atoms with Gasteiger partial charge in [-0.2, -0.15) is 0 Å². The first kappa shape index (κ1) is 25.0. The van der Waals surface area contributed by atoms with E-state index in [2.05, 4.69) is 25.7 Å². The predicted octanol–water partition coefficient (Wildman–Crippen LogP) is 1.79. The maximum atomic E-state index is 11.5. The van der Waals surface area contributed by atoms with Crippen LogP contribution >= 0.6 is 24.8 Å². The highest BCUT2D eigenvalue weighted by atomic mass is 35.5. The van der Waals surface area contributed by atoms with Crippen LogP contribution in [0.1, 0.15) is 16.1 Å². The van der Waals surface area contributed by atoms with Gasteiger partial charge in [-0.3, -0.25) is 20.2 Å². The molecule has 0 spiro atoms. The van der Waals surface area contributed by atoms with Gasteiger partial charge in [0, 0.05) is 54.4 Å². The molecule has 33 heavy (non-hydrogen) atoms. The van der Waals surface area contributed by atoms with E-state index in [-0.39, 0.29) is 30.4 Å². The standard InChI is InChI=1S/C23H25N5O3.2ClH/c29-23(30)15-5-6-19-17(13-15)18(14-25-19)21-22(16-3-1-2-4-20(16)26-21)27-31-12-11-28-9-7-24-8-10-28;;/h1-6,13,24,26-27H,7-12,14H2,(H,29,30);2*1H. The molecule has 2 aromatic carbocycles. The van der Waals surface area contributed by atoms with Crippen LogP contribution in [0, 0.1) is 0 Å². The van der Waals surface area contributed by atoms with Gasteiger partial charge < -0.3 is 15.4 Å². The third-order valence-electron chi connectivity index (χ3n) is 5.88. The first-order chi connectivity index (χ1) is 15.2. The smallest absolute Gasteiger partial charge is 0.335 e. The fourth-order valence-corrected chi connectivity index (χ4v) is 4.22. The Labute approximate surface area is 203 Å². The summed E-state index contributed by atoms with van der Waals surface area (Å²) in [6, 6.07) is 13.1. The van der Waals surface area contributed by atoms with Gasteiger partial charge in [0.25, 0.3) is 0 Å². The molecule has 8 nitrogen and oxygen atoms in total. The van der Waals surface area contributed by atoms with Crippen LogP contribution in [0.2, 0.25) is 0 Å². The number of anilines is 1. The first-order valence-corrected chi connectivity index (χ1v) is 10.5. The van der Waals surface area contributed by atoms with Gasteiger partial charge in [-0.15, -0.1) is 24.8 Å². The number of rotatable bonds is 7. The molecule has 1 saturated heterocycles. The van der Waals surface area contributed by atoms with Crippen LogP contribution in [0.3, 0.4) is 0 Å². The van der Waals surface area contributed by atoms with Gasteiger partial charge in [0.2, 0.25) is 0 Å².